The van der Waals surface area contributed by atoms with E-state index in [4.69, 9.17) is 11.6 Å². The van der Waals surface area contributed by atoms with Crippen LogP contribution in [0.3, 0.4) is 0 Å². The number of thioether (sulfide) groups is 1. The highest BCUT2D eigenvalue weighted by Crippen LogP contribution is 2.41. The minimum Gasteiger partial charge on any atom is -0.316 e. The maximum atomic E-state index is 11.9. The lowest BCUT2D eigenvalue weighted by atomic mass is 10.2. The Balaban J connectivity index is 1.97. The van der Waals surface area contributed by atoms with Crippen molar-refractivity contribution in [3.63, 3.8) is 0 Å². The second-order valence-electron chi connectivity index (χ2n) is 5.69. The first kappa shape index (κ1) is 16.8. The molecule has 124 valence electrons. The Kier molecular flexibility index (Phi) is 4.71. The zero-order chi connectivity index (χ0) is 16.6. The number of sulfone groups is 1. The average Bonchev–Trinajstić information content (AvgIpc) is 2.91. The molecule has 0 bridgehead atoms. The molecule has 0 aromatic heterocycles. The van der Waals surface area contributed by atoms with Crippen molar-refractivity contribution in [1.29, 1.82) is 0 Å². The number of halogens is 1. The molecule has 2 heterocycles. The van der Waals surface area contributed by atoms with Gasteiger partial charge in [-0.05, 0) is 30.7 Å². The van der Waals surface area contributed by atoms with Gasteiger partial charge in [-0.15, -0.1) is 0 Å². The van der Waals surface area contributed by atoms with Gasteiger partial charge >= 0.3 is 0 Å². The van der Waals surface area contributed by atoms with E-state index >= 15 is 0 Å². The van der Waals surface area contributed by atoms with Crippen LogP contribution in [0.5, 0.6) is 0 Å². The van der Waals surface area contributed by atoms with Crippen molar-refractivity contribution in [2.24, 2.45) is 4.99 Å². The van der Waals surface area contributed by atoms with Gasteiger partial charge < -0.3 is 4.90 Å². The molecule has 0 N–H and O–H groups in total. The molecule has 23 heavy (non-hydrogen) atoms. The first-order chi connectivity index (χ1) is 10.9. The van der Waals surface area contributed by atoms with Crippen LogP contribution < -0.4 is 4.90 Å². The van der Waals surface area contributed by atoms with Gasteiger partial charge in [-0.3, -0.25) is 4.79 Å². The van der Waals surface area contributed by atoms with E-state index in [1.165, 1.54) is 11.8 Å². The normalized spacial score (nSPS) is 27.4. The van der Waals surface area contributed by atoms with Crippen molar-refractivity contribution in [2.75, 3.05) is 16.4 Å². The molecule has 1 amide bonds. The molecule has 2 aliphatic rings. The maximum absolute atomic E-state index is 11.9. The van der Waals surface area contributed by atoms with Gasteiger partial charge in [0.15, 0.2) is 15.0 Å². The van der Waals surface area contributed by atoms with E-state index in [-0.39, 0.29) is 28.7 Å². The van der Waals surface area contributed by atoms with Crippen molar-refractivity contribution in [1.82, 2.24) is 0 Å². The van der Waals surface area contributed by atoms with Crippen LogP contribution >= 0.6 is 23.4 Å². The van der Waals surface area contributed by atoms with E-state index in [0.717, 1.165) is 12.1 Å². The van der Waals surface area contributed by atoms with Crippen LogP contribution in [-0.2, 0) is 14.6 Å². The van der Waals surface area contributed by atoms with Gasteiger partial charge in [0.2, 0.25) is 5.91 Å². The van der Waals surface area contributed by atoms with E-state index in [0.29, 0.717) is 16.6 Å². The van der Waals surface area contributed by atoms with Crippen LogP contribution in [0.2, 0.25) is 5.02 Å². The van der Waals surface area contributed by atoms with Crippen molar-refractivity contribution >= 4 is 50.0 Å². The molecule has 8 heteroatoms. The summed E-state index contributed by atoms with van der Waals surface area (Å²) >= 11 is 7.32. The number of hydrogen-bond acceptors (Lipinski definition) is 4. The van der Waals surface area contributed by atoms with Gasteiger partial charge in [-0.25, -0.2) is 8.42 Å². The number of benzene rings is 1. The summed E-state index contributed by atoms with van der Waals surface area (Å²) in [5.74, 6) is 0.0543. The molecule has 2 saturated heterocycles. The summed E-state index contributed by atoms with van der Waals surface area (Å²) in [5, 5.41) is 1.12. The van der Waals surface area contributed by atoms with Crippen LogP contribution in [0.15, 0.2) is 29.3 Å². The largest absolute Gasteiger partial charge is 0.316 e. The van der Waals surface area contributed by atoms with Crippen LogP contribution in [-0.4, -0.2) is 42.3 Å². The number of fused-ring (bicyclic) bond motifs is 1. The molecule has 2 aliphatic heterocycles. The zero-order valence-electron chi connectivity index (χ0n) is 12.6. The number of amidine groups is 1. The summed E-state index contributed by atoms with van der Waals surface area (Å²) in [6.07, 6.45) is 1.13. The molecule has 1 aromatic rings. The molecule has 2 fully saturated rings. The third kappa shape index (κ3) is 3.56. The summed E-state index contributed by atoms with van der Waals surface area (Å²) in [7, 11) is -3.05. The van der Waals surface area contributed by atoms with Crippen molar-refractivity contribution in [3.05, 3.63) is 29.3 Å². The standard InChI is InChI=1S/C15H17ClN2O3S2/c1-2-3-14(19)17-15-18(11-6-4-10(16)5-7-11)12-8-23(20,21)9-13(12)22-15/h4-7,12-13H,2-3,8-9H2,1H3/t12-,13-/m1/s1. The highest BCUT2D eigenvalue weighted by molar-refractivity contribution is 8.16. The van der Waals surface area contributed by atoms with Crippen molar-refractivity contribution < 1.29 is 13.2 Å². The quantitative estimate of drug-likeness (QED) is 0.816. The fraction of sp³-hybridized carbons (Fsp3) is 0.467. The van der Waals surface area contributed by atoms with Crippen LogP contribution in [0.4, 0.5) is 5.69 Å². The summed E-state index contributed by atoms with van der Waals surface area (Å²) in [4.78, 5) is 18.0. The van der Waals surface area contributed by atoms with E-state index < -0.39 is 9.84 Å². The van der Waals surface area contributed by atoms with E-state index in [9.17, 15) is 13.2 Å². The van der Waals surface area contributed by atoms with Crippen LogP contribution in [0, 0.1) is 0 Å². The number of carbonyl (C=O) groups is 1. The number of aliphatic imine (C=N–C) groups is 1. The second kappa shape index (κ2) is 6.45. The molecule has 0 spiro atoms. The van der Waals surface area contributed by atoms with E-state index in [1.807, 2.05) is 24.0 Å². The van der Waals surface area contributed by atoms with Gasteiger partial charge in [0, 0.05) is 22.4 Å². The summed E-state index contributed by atoms with van der Waals surface area (Å²) in [6, 6.07) is 6.99. The number of carbonyl (C=O) groups excluding carboxylic acids is 1. The Morgan fingerprint density at radius 1 is 1.35 bits per heavy atom. The van der Waals surface area contributed by atoms with Crippen molar-refractivity contribution in [3.8, 4) is 0 Å². The van der Waals surface area contributed by atoms with E-state index in [1.54, 1.807) is 12.1 Å². The molecular formula is C15H17ClN2O3S2. The number of amides is 1. The predicted molar refractivity (Wildman–Crippen MR) is 95.1 cm³/mol. The van der Waals surface area contributed by atoms with Gasteiger partial charge in [0.1, 0.15) is 0 Å². The van der Waals surface area contributed by atoms with Gasteiger partial charge in [0.25, 0.3) is 0 Å². The van der Waals surface area contributed by atoms with Gasteiger partial charge in [0.05, 0.1) is 17.5 Å². The van der Waals surface area contributed by atoms with Crippen molar-refractivity contribution in [2.45, 2.75) is 31.1 Å². The van der Waals surface area contributed by atoms with Gasteiger partial charge in [-0.2, -0.15) is 4.99 Å². The topological polar surface area (TPSA) is 66.8 Å². The maximum Gasteiger partial charge on any atom is 0.248 e. The minimum absolute atomic E-state index is 0.0798. The lowest BCUT2D eigenvalue weighted by molar-refractivity contribution is -0.117. The predicted octanol–water partition coefficient (Wildman–Crippen LogP) is 2.74. The third-order valence-electron chi connectivity index (χ3n) is 3.86. The van der Waals surface area contributed by atoms with Crippen LogP contribution in [0.1, 0.15) is 19.8 Å². The Morgan fingerprint density at radius 2 is 2.04 bits per heavy atom. The molecule has 5 nitrogen and oxygen atoms in total. The SMILES string of the molecule is CCCC(=O)N=C1S[C@@H]2CS(=O)(=O)C[C@H]2N1c1ccc(Cl)cc1. The Morgan fingerprint density at radius 3 is 2.70 bits per heavy atom. The number of hydrogen-bond donors (Lipinski definition) is 0. The molecule has 2 atom stereocenters. The highest BCUT2D eigenvalue weighted by atomic mass is 35.5. The van der Waals surface area contributed by atoms with E-state index in [2.05, 4.69) is 4.99 Å². The second-order valence-corrected chi connectivity index (χ2v) is 9.48. The molecule has 3 rings (SSSR count). The minimum atomic E-state index is -3.05. The summed E-state index contributed by atoms with van der Waals surface area (Å²) < 4.78 is 23.9. The summed E-state index contributed by atoms with van der Waals surface area (Å²) in [6.45, 7) is 1.93. The molecule has 1 aromatic carbocycles. The van der Waals surface area contributed by atoms with Gasteiger partial charge in [-0.1, -0.05) is 30.3 Å². The molecule has 0 aliphatic carbocycles. The monoisotopic (exact) mass is 372 g/mol. The lowest BCUT2D eigenvalue weighted by Crippen LogP contribution is -2.37. The molecule has 0 radical (unpaired) electrons. The highest BCUT2D eigenvalue weighted by Gasteiger charge is 2.49. The molecular weight excluding hydrogens is 356 g/mol. The smallest absolute Gasteiger partial charge is 0.248 e. The molecule has 0 saturated carbocycles. The third-order valence-corrected chi connectivity index (χ3v) is 7.32. The average molecular weight is 373 g/mol. The Labute approximate surface area is 145 Å². The zero-order valence-corrected chi connectivity index (χ0v) is 15.0. The van der Waals surface area contributed by atoms with Crippen LogP contribution in [0.25, 0.3) is 0 Å². The first-order valence-corrected chi connectivity index (χ1v) is 10.5. The summed E-state index contributed by atoms with van der Waals surface area (Å²) in [5.41, 5.74) is 0.814. The number of anilines is 1. The first-order valence-electron chi connectivity index (χ1n) is 7.43. The Hall–Kier alpha value is -1.05. The number of rotatable bonds is 3. The Bertz CT molecular complexity index is 746. The molecule has 0 unspecified atom stereocenters. The lowest BCUT2D eigenvalue weighted by Gasteiger charge is -2.24. The number of nitrogens with zero attached hydrogens (tertiary/aromatic N) is 2. The fourth-order valence-electron chi connectivity index (χ4n) is 2.84. The fourth-order valence-corrected chi connectivity index (χ4v) is 6.90.